The number of hydrogen-bond donors (Lipinski definition) is 1. The molecule has 1 aromatic carbocycles. The van der Waals surface area contributed by atoms with Crippen LogP contribution in [-0.4, -0.2) is 15.8 Å². The van der Waals surface area contributed by atoms with Crippen LogP contribution in [0, 0.1) is 10.1 Å². The predicted octanol–water partition coefficient (Wildman–Crippen LogP) is 4.19. The first kappa shape index (κ1) is 15.6. The number of non-ortho nitro benzene ring substituents is 1. The minimum absolute atomic E-state index is 0.134. The summed E-state index contributed by atoms with van der Waals surface area (Å²) in [4.78, 5) is 27.6. The van der Waals surface area contributed by atoms with Crippen LogP contribution >= 0.6 is 27.3 Å². The Morgan fingerprint density at radius 2 is 2.19 bits per heavy atom. The second-order valence-corrected chi connectivity index (χ2v) is 6.51. The average molecular weight is 370 g/mol. The molecule has 2 rings (SSSR count). The number of nitrogens with one attached hydrogen (secondary N) is 1. The Bertz CT molecular complexity index is 700. The lowest BCUT2D eigenvalue weighted by Gasteiger charge is -2.04. The molecule has 0 spiro atoms. The molecule has 0 atom stereocenters. The summed E-state index contributed by atoms with van der Waals surface area (Å²) in [5.41, 5.74) is 0.0656. The molecule has 0 bridgehead atoms. The van der Waals surface area contributed by atoms with Crippen LogP contribution in [0.15, 0.2) is 28.9 Å². The zero-order valence-electron chi connectivity index (χ0n) is 11.3. The van der Waals surface area contributed by atoms with Crippen molar-refractivity contribution in [2.45, 2.75) is 19.8 Å². The van der Waals surface area contributed by atoms with Crippen LogP contribution in [0.25, 0.3) is 0 Å². The third kappa shape index (κ3) is 3.64. The van der Waals surface area contributed by atoms with Crippen LogP contribution < -0.4 is 5.32 Å². The molecule has 1 aromatic heterocycles. The number of carbonyl (C=O) groups excluding carboxylic acids is 1. The number of nitro benzene ring substituents is 1. The normalized spacial score (nSPS) is 10.7. The van der Waals surface area contributed by atoms with Crippen molar-refractivity contribution in [3.63, 3.8) is 0 Å². The number of rotatable bonds is 4. The van der Waals surface area contributed by atoms with Crippen molar-refractivity contribution in [1.29, 1.82) is 0 Å². The smallest absolute Gasteiger partial charge is 0.270 e. The van der Waals surface area contributed by atoms with E-state index in [1.54, 1.807) is 6.20 Å². The topological polar surface area (TPSA) is 85.1 Å². The number of carbonyl (C=O) groups is 1. The van der Waals surface area contributed by atoms with E-state index in [0.29, 0.717) is 15.5 Å². The van der Waals surface area contributed by atoms with Gasteiger partial charge in [0.15, 0.2) is 5.13 Å². The molecule has 110 valence electrons. The van der Waals surface area contributed by atoms with Crippen LogP contribution in [-0.2, 0) is 0 Å². The summed E-state index contributed by atoms with van der Waals surface area (Å²) >= 11 is 4.61. The van der Waals surface area contributed by atoms with E-state index in [1.807, 2.05) is 13.8 Å². The molecule has 8 heteroatoms. The van der Waals surface area contributed by atoms with E-state index in [9.17, 15) is 14.9 Å². The third-order valence-electron chi connectivity index (χ3n) is 2.72. The molecule has 0 radical (unpaired) electrons. The molecule has 1 N–H and O–H groups in total. The Balaban J connectivity index is 2.23. The van der Waals surface area contributed by atoms with Gasteiger partial charge in [-0.3, -0.25) is 20.2 Å². The zero-order valence-corrected chi connectivity index (χ0v) is 13.7. The fourth-order valence-corrected chi connectivity index (χ4v) is 2.82. The lowest BCUT2D eigenvalue weighted by atomic mass is 10.2. The van der Waals surface area contributed by atoms with Gasteiger partial charge < -0.3 is 0 Å². The molecule has 0 unspecified atom stereocenters. The number of nitro groups is 1. The molecule has 0 fully saturated rings. The monoisotopic (exact) mass is 369 g/mol. The number of hydrogen-bond acceptors (Lipinski definition) is 5. The molecule has 1 heterocycles. The van der Waals surface area contributed by atoms with E-state index in [0.717, 1.165) is 4.88 Å². The summed E-state index contributed by atoms with van der Waals surface area (Å²) in [6.45, 7) is 4.08. The van der Waals surface area contributed by atoms with E-state index in [-0.39, 0.29) is 11.3 Å². The third-order valence-corrected chi connectivity index (χ3v) is 4.62. The van der Waals surface area contributed by atoms with Crippen molar-refractivity contribution in [2.75, 3.05) is 5.32 Å². The summed E-state index contributed by atoms with van der Waals surface area (Å²) in [6.07, 6.45) is 1.72. The second kappa shape index (κ2) is 6.31. The van der Waals surface area contributed by atoms with Crippen LogP contribution in [0.2, 0.25) is 0 Å². The Labute approximate surface area is 133 Å². The summed E-state index contributed by atoms with van der Waals surface area (Å²) in [6, 6.07) is 4.05. The minimum atomic E-state index is -0.538. The van der Waals surface area contributed by atoms with Gasteiger partial charge in [0.25, 0.3) is 11.6 Å². The van der Waals surface area contributed by atoms with E-state index < -0.39 is 10.8 Å². The Morgan fingerprint density at radius 1 is 1.48 bits per heavy atom. The van der Waals surface area contributed by atoms with Gasteiger partial charge in [0.1, 0.15) is 0 Å². The Morgan fingerprint density at radius 3 is 2.76 bits per heavy atom. The van der Waals surface area contributed by atoms with Crippen molar-refractivity contribution in [3.05, 3.63) is 49.4 Å². The summed E-state index contributed by atoms with van der Waals surface area (Å²) in [5, 5.41) is 13.9. The fraction of sp³-hybridized carbons (Fsp3) is 0.231. The van der Waals surface area contributed by atoms with E-state index >= 15 is 0 Å². The first-order chi connectivity index (χ1) is 9.88. The number of halogens is 1. The number of benzene rings is 1. The largest absolute Gasteiger partial charge is 0.298 e. The maximum absolute atomic E-state index is 12.2. The lowest BCUT2D eigenvalue weighted by molar-refractivity contribution is -0.384. The highest BCUT2D eigenvalue weighted by molar-refractivity contribution is 9.10. The molecule has 0 saturated carbocycles. The quantitative estimate of drug-likeness (QED) is 0.646. The van der Waals surface area contributed by atoms with Crippen molar-refractivity contribution in [2.24, 2.45) is 0 Å². The van der Waals surface area contributed by atoms with Gasteiger partial charge in [-0.15, -0.1) is 11.3 Å². The van der Waals surface area contributed by atoms with Gasteiger partial charge in [-0.2, -0.15) is 0 Å². The zero-order chi connectivity index (χ0) is 15.6. The van der Waals surface area contributed by atoms with Gasteiger partial charge in [0.2, 0.25) is 0 Å². The predicted molar refractivity (Wildman–Crippen MR) is 85.0 cm³/mol. The first-order valence-corrected chi connectivity index (χ1v) is 7.70. The number of thiazole rings is 1. The molecule has 0 aliphatic rings. The maximum atomic E-state index is 12.2. The van der Waals surface area contributed by atoms with Crippen molar-refractivity contribution < 1.29 is 9.72 Å². The molecule has 21 heavy (non-hydrogen) atoms. The van der Waals surface area contributed by atoms with Crippen LogP contribution in [0.1, 0.15) is 35.0 Å². The molecule has 6 nitrogen and oxygen atoms in total. The van der Waals surface area contributed by atoms with Crippen LogP contribution in [0.3, 0.4) is 0 Å². The summed E-state index contributed by atoms with van der Waals surface area (Å²) in [5.74, 6) is -0.104. The molecule has 1 amide bonds. The minimum Gasteiger partial charge on any atom is -0.298 e. The fourth-order valence-electron chi connectivity index (χ4n) is 1.58. The highest BCUT2D eigenvalue weighted by Gasteiger charge is 2.17. The van der Waals surface area contributed by atoms with Crippen LogP contribution in [0.5, 0.6) is 0 Å². The number of nitrogens with zero attached hydrogens (tertiary/aromatic N) is 2. The van der Waals surface area contributed by atoms with Gasteiger partial charge >= 0.3 is 0 Å². The lowest BCUT2D eigenvalue weighted by Crippen LogP contribution is -2.12. The summed E-state index contributed by atoms with van der Waals surface area (Å²) in [7, 11) is 0. The van der Waals surface area contributed by atoms with Gasteiger partial charge in [0, 0.05) is 27.7 Å². The highest BCUT2D eigenvalue weighted by atomic mass is 79.9. The molecule has 2 aromatic rings. The van der Waals surface area contributed by atoms with Crippen molar-refractivity contribution in [1.82, 2.24) is 4.98 Å². The van der Waals surface area contributed by atoms with Gasteiger partial charge in [-0.25, -0.2) is 4.98 Å². The van der Waals surface area contributed by atoms with Gasteiger partial charge in [0.05, 0.1) is 10.5 Å². The van der Waals surface area contributed by atoms with Gasteiger partial charge in [-0.1, -0.05) is 13.8 Å². The van der Waals surface area contributed by atoms with E-state index in [2.05, 4.69) is 26.2 Å². The van der Waals surface area contributed by atoms with E-state index in [4.69, 9.17) is 0 Å². The standard InChI is InChI=1S/C13H12BrN3O3S/c1-7(2)11-6-15-13(21-11)16-12(18)9-5-8(17(19)20)3-4-10(9)14/h3-7H,1-2H3,(H,15,16,18). The molecule has 0 aliphatic heterocycles. The average Bonchev–Trinajstić information content (AvgIpc) is 2.87. The molecule has 0 aliphatic carbocycles. The van der Waals surface area contributed by atoms with Crippen LogP contribution in [0.4, 0.5) is 10.8 Å². The van der Waals surface area contributed by atoms with Crippen molar-refractivity contribution >= 4 is 44.0 Å². The van der Waals surface area contributed by atoms with E-state index in [1.165, 1.54) is 29.5 Å². The molecule has 0 saturated heterocycles. The molecular formula is C13H12BrN3O3S. The Kier molecular flexibility index (Phi) is 4.69. The van der Waals surface area contributed by atoms with Gasteiger partial charge in [-0.05, 0) is 27.9 Å². The summed E-state index contributed by atoms with van der Waals surface area (Å²) < 4.78 is 0.492. The second-order valence-electron chi connectivity index (χ2n) is 4.60. The highest BCUT2D eigenvalue weighted by Crippen LogP contribution is 2.27. The van der Waals surface area contributed by atoms with Crippen molar-refractivity contribution in [3.8, 4) is 0 Å². The Hall–Kier alpha value is -1.80. The first-order valence-electron chi connectivity index (χ1n) is 6.09. The number of aromatic nitrogens is 1. The molecular weight excluding hydrogens is 358 g/mol. The number of amides is 1. The maximum Gasteiger partial charge on any atom is 0.270 e. The number of anilines is 1. The SMILES string of the molecule is CC(C)c1cnc(NC(=O)c2cc([N+](=O)[O-])ccc2Br)s1.